The summed E-state index contributed by atoms with van der Waals surface area (Å²) in [6.07, 6.45) is 1.32. The van der Waals surface area contributed by atoms with E-state index in [9.17, 15) is 14.4 Å². The summed E-state index contributed by atoms with van der Waals surface area (Å²) in [4.78, 5) is 37.8. The summed E-state index contributed by atoms with van der Waals surface area (Å²) in [6, 6.07) is 17.3. The second-order valence-electron chi connectivity index (χ2n) is 5.51. The van der Waals surface area contributed by atoms with E-state index in [-0.39, 0.29) is 26.1 Å². The summed E-state index contributed by atoms with van der Waals surface area (Å²) < 4.78 is 10.3. The van der Waals surface area contributed by atoms with E-state index in [1.54, 1.807) is 0 Å². The second kappa shape index (κ2) is 10.6. The average Bonchev–Trinajstić information content (AvgIpc) is 2.69. The van der Waals surface area contributed by atoms with Gasteiger partial charge in [0.15, 0.2) is 6.04 Å². The van der Waals surface area contributed by atoms with Crippen LogP contribution >= 0.6 is 0 Å². The Balaban J connectivity index is 1.78. The molecule has 0 saturated heterocycles. The lowest BCUT2D eigenvalue weighted by molar-refractivity contribution is -0.148. The first-order valence-corrected chi connectivity index (χ1v) is 8.16. The fourth-order valence-electron chi connectivity index (χ4n) is 2.19. The number of nitrogens with zero attached hydrogens (tertiary/aromatic N) is 1. The van der Waals surface area contributed by atoms with Gasteiger partial charge in [-0.05, 0) is 17.5 Å². The van der Waals surface area contributed by atoms with Crippen LogP contribution in [0.15, 0.2) is 65.7 Å². The number of rotatable bonds is 9. The highest BCUT2D eigenvalue weighted by Gasteiger charge is 2.21. The maximum atomic E-state index is 12.1. The summed E-state index contributed by atoms with van der Waals surface area (Å²) in [5.41, 5.74) is 1.68. The summed E-state index contributed by atoms with van der Waals surface area (Å²) in [7, 11) is 0. The molecule has 0 fully saturated rings. The standard InChI is InChI=1S/C20H19NO5/c22-15-21-18(20(24)26-14-17-9-5-2-6-10-17)11-12-19(23)25-13-16-7-3-1-4-8-16/h1-10,18H,11-14H2. The predicted octanol–water partition coefficient (Wildman–Crippen LogP) is 2.96. The van der Waals surface area contributed by atoms with Crippen molar-refractivity contribution in [1.82, 2.24) is 0 Å². The molecule has 0 bridgehead atoms. The Kier molecular flexibility index (Phi) is 7.77. The van der Waals surface area contributed by atoms with E-state index in [2.05, 4.69) is 4.99 Å². The molecule has 0 N–H and O–H groups in total. The number of hydrogen-bond donors (Lipinski definition) is 0. The first-order chi connectivity index (χ1) is 12.7. The van der Waals surface area contributed by atoms with Gasteiger partial charge in [0.05, 0.1) is 0 Å². The van der Waals surface area contributed by atoms with Gasteiger partial charge in [-0.1, -0.05) is 60.7 Å². The van der Waals surface area contributed by atoms with Crippen LogP contribution in [0, 0.1) is 0 Å². The molecule has 0 radical (unpaired) electrons. The Labute approximate surface area is 151 Å². The summed E-state index contributed by atoms with van der Waals surface area (Å²) in [5, 5.41) is 0. The van der Waals surface area contributed by atoms with Crippen LogP contribution in [0.3, 0.4) is 0 Å². The van der Waals surface area contributed by atoms with Crippen molar-refractivity contribution >= 4 is 18.0 Å². The average molecular weight is 353 g/mol. The monoisotopic (exact) mass is 353 g/mol. The van der Waals surface area contributed by atoms with Crippen molar-refractivity contribution in [3.63, 3.8) is 0 Å². The molecule has 2 aromatic carbocycles. The van der Waals surface area contributed by atoms with Gasteiger partial charge in [-0.2, -0.15) is 4.99 Å². The van der Waals surface area contributed by atoms with Gasteiger partial charge in [-0.3, -0.25) is 4.79 Å². The van der Waals surface area contributed by atoms with E-state index in [1.807, 2.05) is 60.7 Å². The molecule has 6 heteroatoms. The molecule has 26 heavy (non-hydrogen) atoms. The Bertz CT molecular complexity index is 754. The zero-order valence-corrected chi connectivity index (χ0v) is 14.2. The van der Waals surface area contributed by atoms with Crippen molar-refractivity contribution in [3.8, 4) is 0 Å². The Morgan fingerprint density at radius 3 is 1.96 bits per heavy atom. The minimum atomic E-state index is -1.07. The summed E-state index contributed by atoms with van der Waals surface area (Å²) in [5.74, 6) is -1.15. The normalized spacial score (nSPS) is 11.1. The van der Waals surface area contributed by atoms with E-state index in [1.165, 1.54) is 6.08 Å². The molecular formula is C20H19NO5. The maximum absolute atomic E-state index is 12.1. The minimum absolute atomic E-state index is 0.0243. The van der Waals surface area contributed by atoms with Gasteiger partial charge >= 0.3 is 11.9 Å². The molecule has 0 amide bonds. The fraction of sp³-hybridized carbons (Fsp3) is 0.250. The number of isocyanates is 1. The van der Waals surface area contributed by atoms with Gasteiger partial charge < -0.3 is 9.47 Å². The lowest BCUT2D eigenvalue weighted by atomic mass is 10.1. The van der Waals surface area contributed by atoms with Crippen LogP contribution in [0.25, 0.3) is 0 Å². The van der Waals surface area contributed by atoms with E-state index in [0.29, 0.717) is 0 Å². The number of benzene rings is 2. The number of esters is 2. The van der Waals surface area contributed by atoms with Crippen molar-refractivity contribution in [2.45, 2.75) is 32.1 Å². The van der Waals surface area contributed by atoms with Crippen LogP contribution in [-0.4, -0.2) is 24.1 Å². The topological polar surface area (TPSA) is 82.0 Å². The van der Waals surface area contributed by atoms with Crippen molar-refractivity contribution in [2.24, 2.45) is 4.99 Å². The van der Waals surface area contributed by atoms with Gasteiger partial charge in [0, 0.05) is 6.42 Å². The van der Waals surface area contributed by atoms with Crippen LogP contribution in [0.1, 0.15) is 24.0 Å². The van der Waals surface area contributed by atoms with E-state index >= 15 is 0 Å². The first kappa shape index (κ1) is 19.1. The molecular weight excluding hydrogens is 334 g/mol. The third-order valence-electron chi connectivity index (χ3n) is 3.57. The smallest absolute Gasteiger partial charge is 0.332 e. The molecule has 0 aliphatic carbocycles. The third-order valence-corrected chi connectivity index (χ3v) is 3.57. The molecule has 1 atom stereocenters. The minimum Gasteiger partial charge on any atom is -0.461 e. The van der Waals surface area contributed by atoms with Crippen LogP contribution in [0.5, 0.6) is 0 Å². The van der Waals surface area contributed by atoms with Gasteiger partial charge in [0.25, 0.3) is 0 Å². The molecule has 6 nitrogen and oxygen atoms in total. The molecule has 0 aliphatic rings. The second-order valence-corrected chi connectivity index (χ2v) is 5.51. The molecule has 0 aliphatic heterocycles. The predicted molar refractivity (Wildman–Crippen MR) is 93.6 cm³/mol. The first-order valence-electron chi connectivity index (χ1n) is 8.16. The highest BCUT2D eigenvalue weighted by Crippen LogP contribution is 2.09. The van der Waals surface area contributed by atoms with Crippen molar-refractivity contribution in [3.05, 3.63) is 71.8 Å². The van der Waals surface area contributed by atoms with Gasteiger partial charge in [0.1, 0.15) is 13.2 Å². The zero-order valence-electron chi connectivity index (χ0n) is 14.2. The van der Waals surface area contributed by atoms with Crippen molar-refractivity contribution in [1.29, 1.82) is 0 Å². The van der Waals surface area contributed by atoms with E-state index in [4.69, 9.17) is 9.47 Å². The fourth-order valence-corrected chi connectivity index (χ4v) is 2.19. The number of ether oxygens (including phenoxy) is 2. The van der Waals surface area contributed by atoms with Crippen LogP contribution in [-0.2, 0) is 37.1 Å². The molecule has 2 aromatic rings. The van der Waals surface area contributed by atoms with E-state index in [0.717, 1.165) is 11.1 Å². The van der Waals surface area contributed by atoms with Crippen molar-refractivity contribution < 1.29 is 23.9 Å². The summed E-state index contributed by atoms with van der Waals surface area (Å²) >= 11 is 0. The van der Waals surface area contributed by atoms with E-state index < -0.39 is 18.0 Å². The molecule has 134 valence electrons. The van der Waals surface area contributed by atoms with Crippen LogP contribution < -0.4 is 0 Å². The molecule has 0 saturated carbocycles. The number of carbonyl (C=O) groups is 2. The highest BCUT2D eigenvalue weighted by molar-refractivity contribution is 5.78. The van der Waals surface area contributed by atoms with Crippen LogP contribution in [0.2, 0.25) is 0 Å². The Hall–Kier alpha value is -3.24. The molecule has 2 rings (SSSR count). The molecule has 0 spiro atoms. The number of aliphatic imine (C=N–C) groups is 1. The number of carbonyl (C=O) groups excluding carboxylic acids is 3. The Morgan fingerprint density at radius 2 is 1.42 bits per heavy atom. The van der Waals surface area contributed by atoms with Crippen LogP contribution in [0.4, 0.5) is 0 Å². The lowest BCUT2D eigenvalue weighted by Crippen LogP contribution is -2.23. The van der Waals surface area contributed by atoms with Crippen molar-refractivity contribution in [2.75, 3.05) is 0 Å². The highest BCUT2D eigenvalue weighted by atomic mass is 16.5. The maximum Gasteiger partial charge on any atom is 0.332 e. The zero-order chi connectivity index (χ0) is 18.6. The molecule has 1 unspecified atom stereocenters. The summed E-state index contributed by atoms with van der Waals surface area (Å²) in [6.45, 7) is 0.225. The SMILES string of the molecule is O=C=NC(CCC(=O)OCc1ccccc1)C(=O)OCc1ccccc1. The Morgan fingerprint density at radius 1 is 0.885 bits per heavy atom. The lowest BCUT2D eigenvalue weighted by Gasteiger charge is -2.11. The third kappa shape index (κ3) is 6.71. The van der Waals surface area contributed by atoms with Gasteiger partial charge in [0.2, 0.25) is 6.08 Å². The number of hydrogen-bond acceptors (Lipinski definition) is 6. The largest absolute Gasteiger partial charge is 0.461 e. The molecule has 0 aromatic heterocycles. The van der Waals surface area contributed by atoms with Gasteiger partial charge in [-0.15, -0.1) is 0 Å². The quantitative estimate of drug-likeness (QED) is 0.393. The molecule has 0 heterocycles. The van der Waals surface area contributed by atoms with Gasteiger partial charge in [-0.25, -0.2) is 9.59 Å².